The van der Waals surface area contributed by atoms with Gasteiger partial charge in [0.25, 0.3) is 0 Å². The van der Waals surface area contributed by atoms with Gasteiger partial charge in [0.05, 0.1) is 6.61 Å². The van der Waals surface area contributed by atoms with Crippen molar-refractivity contribution in [2.45, 2.75) is 37.8 Å². The minimum atomic E-state index is -3.59. The summed E-state index contributed by atoms with van der Waals surface area (Å²) in [6.07, 6.45) is 2.95. The fourth-order valence-electron chi connectivity index (χ4n) is 1.64. The molecular formula is C12H20N2O3S. The zero-order chi connectivity index (χ0) is 14.0. The van der Waals surface area contributed by atoms with Gasteiger partial charge in [-0.25, -0.2) is 8.42 Å². The van der Waals surface area contributed by atoms with Crippen molar-refractivity contribution in [3.8, 4) is 0 Å². The van der Waals surface area contributed by atoms with E-state index in [1.54, 1.807) is 6.08 Å². The number of hydrogen-bond acceptors (Lipinski definition) is 3. The molecule has 0 aliphatic carbocycles. The highest BCUT2D eigenvalue weighted by molar-refractivity contribution is 7.89. The molecule has 0 saturated carbocycles. The maximum atomic E-state index is 12.5. The zero-order valence-corrected chi connectivity index (χ0v) is 11.8. The van der Waals surface area contributed by atoms with Crippen LogP contribution in [0.2, 0.25) is 0 Å². The molecule has 102 valence electrons. The SMILES string of the molecule is C=CCN(C(C)(C)C)S(=O)(=O)c1c[nH]c(CO)c1. The number of hydrogen-bond donors (Lipinski definition) is 2. The first-order chi connectivity index (χ1) is 8.23. The maximum absolute atomic E-state index is 12.5. The average molecular weight is 272 g/mol. The summed E-state index contributed by atoms with van der Waals surface area (Å²) < 4.78 is 26.3. The Kier molecular flexibility index (Phi) is 4.37. The van der Waals surface area contributed by atoms with Crippen molar-refractivity contribution in [1.82, 2.24) is 9.29 Å². The molecule has 0 atom stereocenters. The van der Waals surface area contributed by atoms with E-state index in [4.69, 9.17) is 5.11 Å². The molecule has 0 radical (unpaired) electrons. The van der Waals surface area contributed by atoms with Gasteiger partial charge in [-0.1, -0.05) is 6.08 Å². The summed E-state index contributed by atoms with van der Waals surface area (Å²) in [7, 11) is -3.59. The smallest absolute Gasteiger partial charge is 0.245 e. The fraction of sp³-hybridized carbons (Fsp3) is 0.500. The first kappa shape index (κ1) is 14.9. The molecule has 0 aromatic carbocycles. The second kappa shape index (κ2) is 5.26. The molecule has 2 N–H and O–H groups in total. The Hall–Kier alpha value is -1.11. The summed E-state index contributed by atoms with van der Waals surface area (Å²) in [6.45, 7) is 9.10. The van der Waals surface area contributed by atoms with Crippen molar-refractivity contribution < 1.29 is 13.5 Å². The third-order valence-electron chi connectivity index (χ3n) is 2.52. The molecule has 18 heavy (non-hydrogen) atoms. The minimum Gasteiger partial charge on any atom is -0.390 e. The van der Waals surface area contributed by atoms with Crippen LogP contribution in [0.15, 0.2) is 29.8 Å². The van der Waals surface area contributed by atoms with Crippen molar-refractivity contribution in [3.63, 3.8) is 0 Å². The first-order valence-electron chi connectivity index (χ1n) is 5.65. The van der Waals surface area contributed by atoms with E-state index in [1.807, 2.05) is 20.8 Å². The lowest BCUT2D eigenvalue weighted by atomic mass is 10.1. The standard InChI is InChI=1S/C12H20N2O3S/c1-5-6-14(12(2,3)4)18(16,17)11-7-10(9-15)13-8-11/h5,7-8,13,15H,1,6,9H2,2-4H3. The molecule has 0 saturated heterocycles. The molecule has 1 rings (SSSR count). The highest BCUT2D eigenvalue weighted by Crippen LogP contribution is 2.24. The van der Waals surface area contributed by atoms with Gasteiger partial charge >= 0.3 is 0 Å². The van der Waals surface area contributed by atoms with Crippen LogP contribution >= 0.6 is 0 Å². The van der Waals surface area contributed by atoms with Gasteiger partial charge in [-0.05, 0) is 26.8 Å². The van der Waals surface area contributed by atoms with E-state index >= 15 is 0 Å². The number of nitrogens with zero attached hydrogens (tertiary/aromatic N) is 1. The molecule has 0 fully saturated rings. The molecule has 0 amide bonds. The predicted molar refractivity (Wildman–Crippen MR) is 70.6 cm³/mol. The number of H-pyrrole nitrogens is 1. The number of aliphatic hydroxyl groups is 1. The third-order valence-corrected chi connectivity index (χ3v) is 4.63. The van der Waals surface area contributed by atoms with Gasteiger partial charge in [-0.3, -0.25) is 0 Å². The lowest BCUT2D eigenvalue weighted by molar-refractivity contribution is 0.270. The normalized spacial score (nSPS) is 12.9. The predicted octanol–water partition coefficient (Wildman–Crippen LogP) is 1.48. The average Bonchev–Trinajstić information content (AvgIpc) is 2.73. The molecule has 1 aromatic rings. The van der Waals surface area contributed by atoms with Crippen molar-refractivity contribution in [1.29, 1.82) is 0 Å². The third kappa shape index (κ3) is 3.01. The van der Waals surface area contributed by atoms with Crippen LogP contribution in [0, 0.1) is 0 Å². The Morgan fingerprint density at radius 1 is 1.50 bits per heavy atom. The summed E-state index contributed by atoms with van der Waals surface area (Å²) in [5, 5.41) is 8.96. The summed E-state index contributed by atoms with van der Waals surface area (Å²) in [6, 6.07) is 1.44. The molecule has 0 aliphatic heterocycles. The van der Waals surface area contributed by atoms with Gasteiger partial charge in [-0.2, -0.15) is 4.31 Å². The molecule has 0 unspecified atom stereocenters. The quantitative estimate of drug-likeness (QED) is 0.797. The van der Waals surface area contributed by atoms with Crippen molar-refractivity contribution in [2.24, 2.45) is 0 Å². The second-order valence-electron chi connectivity index (χ2n) is 5.01. The van der Waals surface area contributed by atoms with E-state index in [1.165, 1.54) is 16.6 Å². The van der Waals surface area contributed by atoms with Gasteiger partial charge in [0.1, 0.15) is 4.90 Å². The lowest BCUT2D eigenvalue weighted by Crippen LogP contribution is -2.45. The van der Waals surface area contributed by atoms with E-state index in [0.717, 1.165) is 0 Å². The van der Waals surface area contributed by atoms with Crippen LogP contribution in [0.25, 0.3) is 0 Å². The van der Waals surface area contributed by atoms with Crippen molar-refractivity contribution in [2.75, 3.05) is 6.54 Å². The number of nitrogens with one attached hydrogen (secondary N) is 1. The molecule has 5 nitrogen and oxygen atoms in total. The summed E-state index contributed by atoms with van der Waals surface area (Å²) >= 11 is 0. The molecule has 0 bridgehead atoms. The van der Waals surface area contributed by atoms with Crippen LogP contribution in [-0.4, -0.2) is 34.9 Å². The fourth-order valence-corrected chi connectivity index (χ4v) is 3.41. The van der Waals surface area contributed by atoms with Gasteiger partial charge < -0.3 is 10.1 Å². The van der Waals surface area contributed by atoms with Crippen LogP contribution in [0.1, 0.15) is 26.5 Å². The molecular weight excluding hydrogens is 252 g/mol. The van der Waals surface area contributed by atoms with Crippen LogP contribution in [-0.2, 0) is 16.6 Å². The number of aromatic nitrogens is 1. The molecule has 6 heteroatoms. The van der Waals surface area contributed by atoms with Gasteiger partial charge in [0.2, 0.25) is 10.0 Å². The number of aromatic amines is 1. The van der Waals surface area contributed by atoms with Crippen LogP contribution in [0.5, 0.6) is 0 Å². The van der Waals surface area contributed by atoms with E-state index in [0.29, 0.717) is 5.69 Å². The lowest BCUT2D eigenvalue weighted by Gasteiger charge is -2.33. The van der Waals surface area contributed by atoms with Gasteiger partial charge in [0.15, 0.2) is 0 Å². The van der Waals surface area contributed by atoms with Crippen LogP contribution < -0.4 is 0 Å². The molecule has 1 aromatic heterocycles. The Labute approximate surface area is 108 Å². The van der Waals surface area contributed by atoms with E-state index < -0.39 is 15.6 Å². The van der Waals surface area contributed by atoms with Crippen LogP contribution in [0.4, 0.5) is 0 Å². The van der Waals surface area contributed by atoms with Crippen molar-refractivity contribution >= 4 is 10.0 Å². The van der Waals surface area contributed by atoms with E-state index in [2.05, 4.69) is 11.6 Å². The van der Waals surface area contributed by atoms with E-state index in [-0.39, 0.29) is 18.0 Å². The van der Waals surface area contributed by atoms with Gasteiger partial charge in [0, 0.05) is 24.0 Å². The number of aliphatic hydroxyl groups excluding tert-OH is 1. The van der Waals surface area contributed by atoms with Gasteiger partial charge in [-0.15, -0.1) is 6.58 Å². The highest BCUT2D eigenvalue weighted by Gasteiger charge is 2.33. The van der Waals surface area contributed by atoms with Crippen molar-refractivity contribution in [3.05, 3.63) is 30.6 Å². The molecule has 0 aliphatic rings. The first-order valence-corrected chi connectivity index (χ1v) is 7.09. The molecule has 0 spiro atoms. The number of rotatable bonds is 5. The second-order valence-corrected chi connectivity index (χ2v) is 6.88. The monoisotopic (exact) mass is 272 g/mol. The maximum Gasteiger partial charge on any atom is 0.245 e. The summed E-state index contributed by atoms with van der Waals surface area (Å²) in [4.78, 5) is 2.88. The Bertz CT molecular complexity index is 512. The van der Waals surface area contributed by atoms with Crippen LogP contribution in [0.3, 0.4) is 0 Å². The zero-order valence-electron chi connectivity index (χ0n) is 11.0. The molecule has 1 heterocycles. The number of sulfonamides is 1. The Morgan fingerprint density at radius 3 is 2.50 bits per heavy atom. The summed E-state index contributed by atoms with van der Waals surface area (Å²) in [5.41, 5.74) is -0.0648. The summed E-state index contributed by atoms with van der Waals surface area (Å²) in [5.74, 6) is 0. The van der Waals surface area contributed by atoms with E-state index in [9.17, 15) is 8.42 Å². The highest BCUT2D eigenvalue weighted by atomic mass is 32.2. The Balaban J connectivity index is 3.21. The Morgan fingerprint density at radius 2 is 2.11 bits per heavy atom. The minimum absolute atomic E-state index is 0.156. The topological polar surface area (TPSA) is 73.4 Å². The largest absolute Gasteiger partial charge is 0.390 e.